The molecule has 0 fully saturated rings. The number of carbonyl (C=O) groups excluding carboxylic acids is 2. The molecule has 2 aromatic rings. The van der Waals surface area contributed by atoms with Crippen LogP contribution in [0.1, 0.15) is 28.9 Å². The van der Waals surface area contributed by atoms with Gasteiger partial charge in [-0.2, -0.15) is 0 Å². The van der Waals surface area contributed by atoms with Crippen LogP contribution in [0.25, 0.3) is 0 Å². The summed E-state index contributed by atoms with van der Waals surface area (Å²) in [5.41, 5.74) is 0.819. The number of sulfonamides is 1. The van der Waals surface area contributed by atoms with E-state index in [1.807, 2.05) is 30.3 Å². The maximum absolute atomic E-state index is 12.6. The standard InChI is InChI=1S/C20H20N2O5S/c1-3-12-21-19(23)14-27-20(24)17-10-7-11-18(13-17)28(25,26)22-15(2)16-8-5-4-6-9-16/h1,4-11,13,15,22H,12,14H2,2H3,(H,21,23)/t15-/m0/s1. The van der Waals surface area contributed by atoms with E-state index in [1.165, 1.54) is 24.3 Å². The maximum atomic E-state index is 12.6. The number of rotatable bonds is 8. The molecule has 0 saturated carbocycles. The maximum Gasteiger partial charge on any atom is 0.338 e. The van der Waals surface area contributed by atoms with E-state index in [1.54, 1.807) is 6.92 Å². The molecule has 1 atom stereocenters. The molecule has 0 heterocycles. The summed E-state index contributed by atoms with van der Waals surface area (Å²) in [7, 11) is -3.87. The van der Waals surface area contributed by atoms with Gasteiger partial charge < -0.3 is 10.1 Å². The van der Waals surface area contributed by atoms with Crippen LogP contribution in [0.5, 0.6) is 0 Å². The van der Waals surface area contributed by atoms with Crippen molar-refractivity contribution in [2.45, 2.75) is 17.9 Å². The lowest BCUT2D eigenvalue weighted by molar-refractivity contribution is -0.123. The number of amides is 1. The van der Waals surface area contributed by atoms with Crippen LogP contribution < -0.4 is 10.0 Å². The zero-order chi connectivity index (χ0) is 20.6. The molecule has 1 amide bonds. The normalized spacial score (nSPS) is 11.9. The molecule has 0 unspecified atom stereocenters. The second-order valence-corrected chi connectivity index (χ2v) is 7.55. The molecule has 0 aromatic heterocycles. The van der Waals surface area contributed by atoms with Gasteiger partial charge >= 0.3 is 5.97 Å². The van der Waals surface area contributed by atoms with Gasteiger partial charge in [-0.05, 0) is 30.7 Å². The van der Waals surface area contributed by atoms with Gasteiger partial charge in [0.05, 0.1) is 17.0 Å². The average molecular weight is 400 g/mol. The van der Waals surface area contributed by atoms with E-state index in [0.717, 1.165) is 5.56 Å². The van der Waals surface area contributed by atoms with Gasteiger partial charge in [-0.3, -0.25) is 4.79 Å². The first-order valence-corrected chi connectivity index (χ1v) is 9.86. The summed E-state index contributed by atoms with van der Waals surface area (Å²) in [6.45, 7) is 1.23. The number of hydrogen-bond donors (Lipinski definition) is 2. The van der Waals surface area contributed by atoms with Crippen molar-refractivity contribution in [1.29, 1.82) is 0 Å². The topological polar surface area (TPSA) is 102 Å². The second kappa shape index (κ2) is 9.69. The van der Waals surface area contributed by atoms with Crippen molar-refractivity contribution in [2.24, 2.45) is 0 Å². The van der Waals surface area contributed by atoms with Gasteiger partial charge in [0.1, 0.15) is 0 Å². The third-order valence-corrected chi connectivity index (χ3v) is 5.27. The van der Waals surface area contributed by atoms with Crippen LogP contribution in [-0.2, 0) is 19.6 Å². The molecule has 0 aliphatic heterocycles. The van der Waals surface area contributed by atoms with E-state index in [4.69, 9.17) is 11.2 Å². The van der Waals surface area contributed by atoms with Gasteiger partial charge in [-0.15, -0.1) is 6.42 Å². The van der Waals surface area contributed by atoms with E-state index < -0.39 is 34.5 Å². The molecule has 2 aromatic carbocycles. The molecule has 0 bridgehead atoms. The van der Waals surface area contributed by atoms with E-state index >= 15 is 0 Å². The number of ether oxygens (including phenoxy) is 1. The minimum absolute atomic E-state index is 0.0139. The minimum Gasteiger partial charge on any atom is -0.452 e. The van der Waals surface area contributed by atoms with Crippen molar-refractivity contribution in [2.75, 3.05) is 13.2 Å². The van der Waals surface area contributed by atoms with Gasteiger partial charge in [-0.25, -0.2) is 17.9 Å². The summed E-state index contributed by atoms with van der Waals surface area (Å²) in [6.07, 6.45) is 5.02. The second-order valence-electron chi connectivity index (χ2n) is 5.84. The molecule has 7 nitrogen and oxygen atoms in total. The van der Waals surface area contributed by atoms with Gasteiger partial charge in [0.15, 0.2) is 6.61 Å². The van der Waals surface area contributed by atoms with Gasteiger partial charge in [0.2, 0.25) is 10.0 Å². The van der Waals surface area contributed by atoms with E-state index in [9.17, 15) is 18.0 Å². The van der Waals surface area contributed by atoms with Crippen LogP contribution >= 0.6 is 0 Å². The number of hydrogen-bond acceptors (Lipinski definition) is 5. The Morgan fingerprint density at radius 1 is 1.14 bits per heavy atom. The lowest BCUT2D eigenvalue weighted by atomic mass is 10.1. The van der Waals surface area contributed by atoms with Crippen LogP contribution in [0.3, 0.4) is 0 Å². The zero-order valence-electron chi connectivity index (χ0n) is 15.2. The first-order chi connectivity index (χ1) is 13.3. The number of nitrogens with one attached hydrogen (secondary N) is 2. The highest BCUT2D eigenvalue weighted by Crippen LogP contribution is 2.18. The van der Waals surface area contributed by atoms with E-state index in [-0.39, 0.29) is 17.0 Å². The van der Waals surface area contributed by atoms with Crippen molar-refractivity contribution < 1.29 is 22.7 Å². The molecule has 2 N–H and O–H groups in total. The molecule has 0 aliphatic carbocycles. The van der Waals surface area contributed by atoms with Gasteiger partial charge in [0, 0.05) is 6.04 Å². The number of terminal acetylenes is 1. The Balaban J connectivity index is 2.07. The van der Waals surface area contributed by atoms with Crippen LogP contribution in [0, 0.1) is 12.3 Å². The van der Waals surface area contributed by atoms with Crippen molar-refractivity contribution in [3.05, 3.63) is 65.7 Å². The molecule has 8 heteroatoms. The summed E-state index contributed by atoms with van der Waals surface area (Å²) in [6, 6.07) is 14.0. The quantitative estimate of drug-likeness (QED) is 0.518. The molecule has 0 aliphatic rings. The Labute approximate surface area is 164 Å². The smallest absolute Gasteiger partial charge is 0.338 e. The number of carbonyl (C=O) groups is 2. The van der Waals surface area contributed by atoms with Crippen molar-refractivity contribution in [3.8, 4) is 12.3 Å². The molecule has 0 spiro atoms. The molecule has 0 saturated heterocycles. The van der Waals surface area contributed by atoms with E-state index in [2.05, 4.69) is 16.0 Å². The Morgan fingerprint density at radius 2 is 1.86 bits per heavy atom. The van der Waals surface area contributed by atoms with Gasteiger partial charge in [0.25, 0.3) is 5.91 Å². The highest BCUT2D eigenvalue weighted by molar-refractivity contribution is 7.89. The number of esters is 1. The fourth-order valence-electron chi connectivity index (χ4n) is 2.32. The predicted octanol–water partition coefficient (Wildman–Crippen LogP) is 1.63. The third-order valence-electron chi connectivity index (χ3n) is 3.73. The molecular formula is C20H20N2O5S. The summed E-state index contributed by atoms with van der Waals surface area (Å²) >= 11 is 0. The third kappa shape index (κ3) is 5.94. The highest BCUT2D eigenvalue weighted by atomic mass is 32.2. The lowest BCUT2D eigenvalue weighted by Gasteiger charge is -2.15. The summed E-state index contributed by atoms with van der Waals surface area (Å²) in [4.78, 5) is 23.4. The Hall–Kier alpha value is -3.15. The van der Waals surface area contributed by atoms with Crippen LogP contribution in [0.15, 0.2) is 59.5 Å². The minimum atomic E-state index is -3.87. The summed E-state index contributed by atoms with van der Waals surface area (Å²) in [5, 5.41) is 2.35. The Bertz CT molecular complexity index is 981. The first-order valence-electron chi connectivity index (χ1n) is 8.38. The highest BCUT2D eigenvalue weighted by Gasteiger charge is 2.20. The lowest BCUT2D eigenvalue weighted by Crippen LogP contribution is -2.29. The van der Waals surface area contributed by atoms with E-state index in [0.29, 0.717) is 0 Å². The average Bonchev–Trinajstić information content (AvgIpc) is 2.70. The van der Waals surface area contributed by atoms with Crippen LogP contribution in [0.2, 0.25) is 0 Å². The predicted molar refractivity (Wildman–Crippen MR) is 104 cm³/mol. The Morgan fingerprint density at radius 3 is 2.54 bits per heavy atom. The molecule has 0 radical (unpaired) electrons. The monoisotopic (exact) mass is 400 g/mol. The molecule has 146 valence electrons. The van der Waals surface area contributed by atoms with Crippen LogP contribution in [0.4, 0.5) is 0 Å². The summed E-state index contributed by atoms with van der Waals surface area (Å²) in [5.74, 6) is 0.860. The summed E-state index contributed by atoms with van der Waals surface area (Å²) < 4.78 is 32.7. The largest absolute Gasteiger partial charge is 0.452 e. The number of benzene rings is 2. The van der Waals surface area contributed by atoms with Crippen molar-refractivity contribution in [1.82, 2.24) is 10.0 Å². The fourth-order valence-corrected chi connectivity index (χ4v) is 3.59. The Kier molecular flexibility index (Phi) is 7.32. The first kappa shape index (κ1) is 21.2. The van der Waals surface area contributed by atoms with Gasteiger partial charge in [-0.1, -0.05) is 42.3 Å². The zero-order valence-corrected chi connectivity index (χ0v) is 16.0. The van der Waals surface area contributed by atoms with Crippen LogP contribution in [-0.4, -0.2) is 33.4 Å². The molecule has 2 rings (SSSR count). The molecular weight excluding hydrogens is 380 g/mol. The molecule has 28 heavy (non-hydrogen) atoms. The fraction of sp³-hybridized carbons (Fsp3) is 0.200. The SMILES string of the molecule is C#CCNC(=O)COC(=O)c1cccc(S(=O)(=O)N[C@@H](C)c2ccccc2)c1. The van der Waals surface area contributed by atoms with Crippen molar-refractivity contribution >= 4 is 21.9 Å². The van der Waals surface area contributed by atoms with Crippen molar-refractivity contribution in [3.63, 3.8) is 0 Å².